The van der Waals surface area contributed by atoms with Crippen LogP contribution in [0.25, 0.3) is 22.6 Å². The lowest BCUT2D eigenvalue weighted by Gasteiger charge is -2.12. The van der Waals surface area contributed by atoms with E-state index in [1.165, 1.54) is 29.2 Å². The summed E-state index contributed by atoms with van der Waals surface area (Å²) in [5, 5.41) is 3.03. The number of sulfone groups is 1. The smallest absolute Gasteiger partial charge is 0.294 e. The van der Waals surface area contributed by atoms with E-state index in [9.17, 15) is 18.0 Å². The van der Waals surface area contributed by atoms with Gasteiger partial charge in [0.2, 0.25) is 0 Å². The molecule has 3 heterocycles. The normalized spacial score (nSPS) is 13.8. The number of aromatic nitrogens is 6. The first kappa shape index (κ1) is 22.8. The fraction of sp³-hybridized carbons (Fsp3) is 0.304. The highest BCUT2D eigenvalue weighted by atomic mass is 32.2. The van der Waals surface area contributed by atoms with Crippen molar-refractivity contribution in [1.29, 1.82) is 0 Å². The number of aryl methyl sites for hydroxylation is 1. The van der Waals surface area contributed by atoms with Crippen LogP contribution >= 0.6 is 0 Å². The Morgan fingerprint density at radius 2 is 1.86 bits per heavy atom. The number of nitrogens with one attached hydrogen (secondary N) is 2. The fourth-order valence-electron chi connectivity index (χ4n) is 3.90. The van der Waals surface area contributed by atoms with Gasteiger partial charge in [-0.3, -0.25) is 14.2 Å². The molecule has 1 fully saturated rings. The van der Waals surface area contributed by atoms with E-state index < -0.39 is 9.84 Å². The quantitative estimate of drug-likeness (QED) is 0.393. The maximum Gasteiger partial charge on any atom is 0.294 e. The van der Waals surface area contributed by atoms with E-state index >= 15 is 0 Å². The number of benzene rings is 1. The Bertz CT molecular complexity index is 1660. The summed E-state index contributed by atoms with van der Waals surface area (Å²) in [4.78, 5) is 46.2. The second-order valence-corrected chi connectivity index (χ2v) is 10.5. The molecule has 1 saturated carbocycles. The lowest BCUT2D eigenvalue weighted by molar-refractivity contribution is 0.602. The molecule has 0 saturated heterocycles. The zero-order valence-electron chi connectivity index (χ0n) is 19.1. The van der Waals surface area contributed by atoms with Gasteiger partial charge in [0.15, 0.2) is 27.1 Å². The van der Waals surface area contributed by atoms with Crippen molar-refractivity contribution in [3.05, 3.63) is 68.8 Å². The standard InChI is InChI=1S/C23H23N7O4S/c1-3-30-21-16(11-25-19(29-21)17-18(14-6-7-14)26-12-27-22(17)31)28-20(23(30)32)24-10-13-4-8-15(9-5-13)35(2,33)34/h4-5,8-9,11-12,14H,3,6-7,10H2,1-2H3,(H,24,28)(H,26,27,31). The van der Waals surface area contributed by atoms with Gasteiger partial charge in [-0.15, -0.1) is 0 Å². The molecule has 35 heavy (non-hydrogen) atoms. The van der Waals surface area contributed by atoms with Crippen molar-refractivity contribution in [3.8, 4) is 11.4 Å². The minimum absolute atomic E-state index is 0.126. The summed E-state index contributed by atoms with van der Waals surface area (Å²) in [5.41, 5.74) is 1.84. The lowest BCUT2D eigenvalue weighted by Crippen LogP contribution is -2.26. The van der Waals surface area contributed by atoms with Gasteiger partial charge in [0.1, 0.15) is 11.1 Å². The largest absolute Gasteiger partial charge is 0.361 e. The third-order valence-electron chi connectivity index (χ3n) is 5.88. The van der Waals surface area contributed by atoms with Crippen LogP contribution in [0.5, 0.6) is 0 Å². The summed E-state index contributed by atoms with van der Waals surface area (Å²) in [6.45, 7) is 2.43. The van der Waals surface area contributed by atoms with Crippen LogP contribution in [0.2, 0.25) is 0 Å². The molecule has 0 atom stereocenters. The predicted molar refractivity (Wildman–Crippen MR) is 130 cm³/mol. The number of fused-ring (bicyclic) bond motifs is 1. The molecular weight excluding hydrogens is 470 g/mol. The molecule has 0 amide bonds. The molecule has 1 aliphatic carbocycles. The monoisotopic (exact) mass is 493 g/mol. The summed E-state index contributed by atoms with van der Waals surface area (Å²) >= 11 is 0. The molecule has 0 bridgehead atoms. The van der Waals surface area contributed by atoms with Gasteiger partial charge < -0.3 is 10.3 Å². The van der Waals surface area contributed by atoms with Gasteiger partial charge in [0.25, 0.3) is 11.1 Å². The van der Waals surface area contributed by atoms with Gasteiger partial charge in [-0.1, -0.05) is 12.1 Å². The van der Waals surface area contributed by atoms with Crippen LogP contribution in [0.3, 0.4) is 0 Å². The number of aromatic amines is 1. The van der Waals surface area contributed by atoms with Crippen molar-refractivity contribution in [3.63, 3.8) is 0 Å². The van der Waals surface area contributed by atoms with Crippen LogP contribution < -0.4 is 16.4 Å². The summed E-state index contributed by atoms with van der Waals surface area (Å²) in [5.74, 6) is 0.556. The van der Waals surface area contributed by atoms with Crippen molar-refractivity contribution in [1.82, 2.24) is 29.5 Å². The molecule has 5 rings (SSSR count). The van der Waals surface area contributed by atoms with E-state index in [1.807, 2.05) is 6.92 Å². The molecule has 3 aromatic heterocycles. The van der Waals surface area contributed by atoms with Gasteiger partial charge in [0, 0.05) is 25.3 Å². The molecule has 0 aliphatic heterocycles. The van der Waals surface area contributed by atoms with Crippen molar-refractivity contribution >= 4 is 26.8 Å². The molecule has 180 valence electrons. The van der Waals surface area contributed by atoms with Gasteiger partial charge >= 0.3 is 0 Å². The molecule has 1 aliphatic rings. The van der Waals surface area contributed by atoms with Crippen molar-refractivity contribution in [2.45, 2.75) is 43.7 Å². The summed E-state index contributed by atoms with van der Waals surface area (Å²) in [6, 6.07) is 6.41. The van der Waals surface area contributed by atoms with Crippen LogP contribution in [0.1, 0.15) is 36.9 Å². The summed E-state index contributed by atoms with van der Waals surface area (Å²) in [6.07, 6.45) is 5.96. The average molecular weight is 494 g/mol. The lowest BCUT2D eigenvalue weighted by atomic mass is 10.1. The SMILES string of the molecule is CCn1c(=O)c(NCc2ccc(S(C)(=O)=O)cc2)nc2cnc(-c3c(C4CC4)nc[nH]c3=O)nc21. The van der Waals surface area contributed by atoms with Crippen LogP contribution in [-0.4, -0.2) is 44.2 Å². The van der Waals surface area contributed by atoms with Crippen LogP contribution in [0.15, 0.2) is 51.3 Å². The Morgan fingerprint density at radius 1 is 1.11 bits per heavy atom. The predicted octanol–water partition coefficient (Wildman–Crippen LogP) is 1.85. The minimum atomic E-state index is -3.28. The maximum absolute atomic E-state index is 13.1. The van der Waals surface area contributed by atoms with Gasteiger partial charge in [0.05, 0.1) is 23.1 Å². The van der Waals surface area contributed by atoms with Crippen LogP contribution in [-0.2, 0) is 22.9 Å². The fourth-order valence-corrected chi connectivity index (χ4v) is 4.53. The van der Waals surface area contributed by atoms with Gasteiger partial charge in [-0.05, 0) is 37.5 Å². The zero-order valence-corrected chi connectivity index (χ0v) is 20.0. The minimum Gasteiger partial charge on any atom is -0.361 e. The molecule has 11 nitrogen and oxygen atoms in total. The third kappa shape index (κ3) is 4.44. The van der Waals surface area contributed by atoms with Crippen LogP contribution in [0.4, 0.5) is 5.82 Å². The summed E-state index contributed by atoms with van der Waals surface area (Å²) < 4.78 is 24.8. The molecule has 0 radical (unpaired) electrons. The molecule has 12 heteroatoms. The average Bonchev–Trinajstić information content (AvgIpc) is 3.68. The molecular formula is C23H23N7O4S. The molecule has 1 aromatic carbocycles. The third-order valence-corrected chi connectivity index (χ3v) is 7.01. The van der Waals surface area contributed by atoms with Gasteiger partial charge in [-0.2, -0.15) is 0 Å². The summed E-state index contributed by atoms with van der Waals surface area (Å²) in [7, 11) is -3.28. The van der Waals surface area contributed by atoms with Gasteiger partial charge in [-0.25, -0.2) is 28.4 Å². The Morgan fingerprint density at radius 3 is 2.51 bits per heavy atom. The van der Waals surface area contributed by atoms with E-state index in [4.69, 9.17) is 0 Å². The first-order chi connectivity index (χ1) is 16.8. The number of anilines is 1. The van der Waals surface area contributed by atoms with E-state index in [-0.39, 0.29) is 40.1 Å². The van der Waals surface area contributed by atoms with Crippen molar-refractivity contribution in [2.24, 2.45) is 0 Å². The number of H-pyrrole nitrogens is 1. The first-order valence-corrected chi connectivity index (χ1v) is 13.0. The highest BCUT2D eigenvalue weighted by Gasteiger charge is 2.30. The second-order valence-electron chi connectivity index (χ2n) is 8.45. The number of hydrogen-bond acceptors (Lipinski definition) is 9. The Labute approximate surface area is 200 Å². The first-order valence-electron chi connectivity index (χ1n) is 11.1. The second kappa shape index (κ2) is 8.69. The molecule has 2 N–H and O–H groups in total. The van der Waals surface area contributed by atoms with E-state index in [0.717, 1.165) is 24.7 Å². The Balaban J connectivity index is 1.50. The van der Waals surface area contributed by atoms with E-state index in [2.05, 4.69) is 30.2 Å². The van der Waals surface area contributed by atoms with Crippen molar-refractivity contribution in [2.75, 3.05) is 11.6 Å². The Kier molecular flexibility index (Phi) is 5.67. The number of rotatable bonds is 7. The Hall–Kier alpha value is -3.93. The molecule has 4 aromatic rings. The number of nitrogens with zero attached hydrogens (tertiary/aromatic N) is 5. The van der Waals surface area contributed by atoms with Crippen LogP contribution in [0, 0.1) is 0 Å². The highest BCUT2D eigenvalue weighted by molar-refractivity contribution is 7.90. The highest BCUT2D eigenvalue weighted by Crippen LogP contribution is 2.41. The van der Waals surface area contributed by atoms with Crippen molar-refractivity contribution < 1.29 is 8.42 Å². The maximum atomic E-state index is 13.1. The zero-order chi connectivity index (χ0) is 24.7. The van der Waals surface area contributed by atoms with E-state index in [1.54, 1.807) is 12.1 Å². The number of hydrogen-bond donors (Lipinski definition) is 2. The molecule has 0 spiro atoms. The molecule has 0 unspecified atom stereocenters. The topological polar surface area (TPSA) is 153 Å². The van der Waals surface area contributed by atoms with E-state index in [0.29, 0.717) is 29.0 Å².